The van der Waals surface area contributed by atoms with E-state index in [0.29, 0.717) is 13.0 Å². The van der Waals surface area contributed by atoms with Crippen LogP contribution in [-0.4, -0.2) is 28.5 Å². The van der Waals surface area contributed by atoms with Gasteiger partial charge >= 0.3 is 0 Å². The molecule has 0 aliphatic heterocycles. The average Bonchev–Trinajstić information content (AvgIpc) is 2.86. The lowest BCUT2D eigenvalue weighted by Crippen LogP contribution is -2.32. The van der Waals surface area contributed by atoms with Crippen molar-refractivity contribution >= 4 is 0 Å². The first kappa shape index (κ1) is 26.4. The zero-order valence-electron chi connectivity index (χ0n) is 21.1. The SMILES string of the molecule is C/C=C\Cc1ccc(C(CN/C=C2\CC(C)=CC=C2O)C(CO)C2C=CC=C(O)/C2=C/CC)cc1. The van der Waals surface area contributed by atoms with Gasteiger partial charge in [0.25, 0.3) is 0 Å². The number of hydrogen-bond donors (Lipinski definition) is 4. The fourth-order valence-corrected chi connectivity index (χ4v) is 4.85. The highest BCUT2D eigenvalue weighted by Gasteiger charge is 2.33. The van der Waals surface area contributed by atoms with Crippen molar-refractivity contribution in [2.45, 2.75) is 46.0 Å². The Morgan fingerprint density at radius 3 is 2.54 bits per heavy atom. The predicted octanol–water partition coefficient (Wildman–Crippen LogP) is 6.73. The van der Waals surface area contributed by atoms with E-state index in [0.717, 1.165) is 29.6 Å². The van der Waals surface area contributed by atoms with Crippen molar-refractivity contribution in [1.29, 1.82) is 0 Å². The molecule has 2 aliphatic rings. The number of benzene rings is 1. The molecule has 1 aromatic rings. The Bertz CT molecular complexity index is 1070. The maximum Gasteiger partial charge on any atom is 0.120 e. The summed E-state index contributed by atoms with van der Waals surface area (Å²) in [5, 5.41) is 34.9. The number of allylic oxidation sites excluding steroid dienone is 11. The lowest BCUT2D eigenvalue weighted by Gasteiger charge is -2.34. The van der Waals surface area contributed by atoms with Crippen LogP contribution in [0.25, 0.3) is 0 Å². The highest BCUT2D eigenvalue weighted by Crippen LogP contribution is 2.38. The summed E-state index contributed by atoms with van der Waals surface area (Å²) >= 11 is 0. The van der Waals surface area contributed by atoms with Gasteiger partial charge < -0.3 is 20.6 Å². The van der Waals surface area contributed by atoms with E-state index in [-0.39, 0.29) is 35.9 Å². The van der Waals surface area contributed by atoms with Gasteiger partial charge in [0.1, 0.15) is 11.5 Å². The van der Waals surface area contributed by atoms with E-state index in [1.807, 2.05) is 32.2 Å². The molecule has 2 aliphatic carbocycles. The maximum absolute atomic E-state index is 10.6. The molecule has 0 radical (unpaired) electrons. The predicted molar refractivity (Wildman–Crippen MR) is 145 cm³/mol. The Morgan fingerprint density at radius 2 is 1.86 bits per heavy atom. The smallest absolute Gasteiger partial charge is 0.120 e. The van der Waals surface area contributed by atoms with Crippen molar-refractivity contribution in [3.05, 3.63) is 118 Å². The van der Waals surface area contributed by atoms with E-state index in [4.69, 9.17) is 0 Å². The van der Waals surface area contributed by atoms with Crippen LogP contribution in [0.1, 0.15) is 50.7 Å². The van der Waals surface area contributed by atoms with Gasteiger partial charge in [-0.25, -0.2) is 0 Å². The van der Waals surface area contributed by atoms with Crippen molar-refractivity contribution in [1.82, 2.24) is 5.32 Å². The first-order chi connectivity index (χ1) is 17.0. The Labute approximate surface area is 210 Å². The summed E-state index contributed by atoms with van der Waals surface area (Å²) < 4.78 is 0. The van der Waals surface area contributed by atoms with E-state index < -0.39 is 0 Å². The standard InChI is InChI=1S/C31H39NO3/c1-4-6-9-23-13-15-24(16-14-23)28(20-32-19-25-18-22(3)12-17-30(25)34)29(21-33)26-10-7-11-31(35)27(26)8-5-2/h4,6-8,10-17,19,26,28-29,32-35H,5,9,18,20-21H2,1-3H3/b6-4-,25-19+,27-8+. The fraction of sp³-hybridized carbons (Fsp3) is 0.355. The third kappa shape index (κ3) is 6.89. The molecule has 0 spiro atoms. The summed E-state index contributed by atoms with van der Waals surface area (Å²) in [5.74, 6) is 0.308. The second-order valence-corrected chi connectivity index (χ2v) is 9.32. The second kappa shape index (κ2) is 13.0. The summed E-state index contributed by atoms with van der Waals surface area (Å²) in [6.45, 7) is 6.70. The topological polar surface area (TPSA) is 72.7 Å². The molecular weight excluding hydrogens is 434 g/mol. The maximum atomic E-state index is 10.6. The van der Waals surface area contributed by atoms with Gasteiger partial charge in [-0.2, -0.15) is 0 Å². The van der Waals surface area contributed by atoms with E-state index in [1.165, 1.54) is 11.1 Å². The van der Waals surface area contributed by atoms with Crippen LogP contribution >= 0.6 is 0 Å². The number of hydrogen-bond acceptors (Lipinski definition) is 4. The van der Waals surface area contributed by atoms with Crippen LogP contribution < -0.4 is 5.32 Å². The molecule has 0 saturated carbocycles. The molecule has 186 valence electrons. The Morgan fingerprint density at radius 1 is 1.09 bits per heavy atom. The van der Waals surface area contributed by atoms with Crippen LogP contribution in [0.15, 0.2) is 107 Å². The monoisotopic (exact) mass is 473 g/mol. The molecule has 0 heterocycles. The Kier molecular flexibility index (Phi) is 9.80. The molecular formula is C31H39NO3. The highest BCUT2D eigenvalue weighted by atomic mass is 16.3. The Balaban J connectivity index is 1.91. The average molecular weight is 474 g/mol. The Hall–Kier alpha value is -3.24. The molecule has 0 fully saturated rings. The van der Waals surface area contributed by atoms with E-state index in [1.54, 1.807) is 12.2 Å². The lowest BCUT2D eigenvalue weighted by molar-refractivity contribution is 0.176. The molecule has 0 bridgehead atoms. The van der Waals surface area contributed by atoms with Gasteiger partial charge in [-0.05, 0) is 62.0 Å². The van der Waals surface area contributed by atoms with Gasteiger partial charge in [0.2, 0.25) is 0 Å². The summed E-state index contributed by atoms with van der Waals surface area (Å²) in [5.41, 5.74) is 5.30. The van der Waals surface area contributed by atoms with Gasteiger partial charge in [0.15, 0.2) is 0 Å². The third-order valence-electron chi connectivity index (χ3n) is 6.78. The fourth-order valence-electron chi connectivity index (χ4n) is 4.85. The summed E-state index contributed by atoms with van der Waals surface area (Å²) in [6.07, 6.45) is 19.9. The number of nitrogens with one attached hydrogen (secondary N) is 1. The summed E-state index contributed by atoms with van der Waals surface area (Å²) in [4.78, 5) is 0. The van der Waals surface area contributed by atoms with Gasteiger partial charge in [-0.15, -0.1) is 0 Å². The zero-order valence-corrected chi connectivity index (χ0v) is 21.1. The van der Waals surface area contributed by atoms with Crippen molar-refractivity contribution in [3.8, 4) is 0 Å². The molecule has 0 amide bonds. The van der Waals surface area contributed by atoms with Crippen LogP contribution in [-0.2, 0) is 6.42 Å². The quantitative estimate of drug-likeness (QED) is 0.284. The van der Waals surface area contributed by atoms with Crippen molar-refractivity contribution in [2.75, 3.05) is 13.2 Å². The summed E-state index contributed by atoms with van der Waals surface area (Å²) in [6, 6.07) is 8.60. The van der Waals surface area contributed by atoms with Crippen LogP contribution in [0, 0.1) is 11.8 Å². The minimum absolute atomic E-state index is 0.0141. The molecule has 0 saturated heterocycles. The van der Waals surface area contributed by atoms with Crippen LogP contribution in [0.3, 0.4) is 0 Å². The number of rotatable bonds is 10. The van der Waals surface area contributed by atoms with Crippen LogP contribution in [0.5, 0.6) is 0 Å². The first-order valence-corrected chi connectivity index (χ1v) is 12.6. The molecule has 4 heteroatoms. The van der Waals surface area contributed by atoms with Crippen LogP contribution in [0.2, 0.25) is 0 Å². The van der Waals surface area contributed by atoms with E-state index in [2.05, 4.69) is 60.8 Å². The van der Waals surface area contributed by atoms with E-state index >= 15 is 0 Å². The molecule has 4 nitrogen and oxygen atoms in total. The summed E-state index contributed by atoms with van der Waals surface area (Å²) in [7, 11) is 0. The molecule has 3 rings (SSSR count). The molecule has 1 aromatic carbocycles. The molecule has 35 heavy (non-hydrogen) atoms. The van der Waals surface area contributed by atoms with Crippen molar-refractivity contribution in [3.63, 3.8) is 0 Å². The second-order valence-electron chi connectivity index (χ2n) is 9.32. The molecule has 3 atom stereocenters. The van der Waals surface area contributed by atoms with Gasteiger partial charge in [0.05, 0.1) is 0 Å². The van der Waals surface area contributed by atoms with Crippen molar-refractivity contribution in [2.24, 2.45) is 11.8 Å². The van der Waals surface area contributed by atoms with Crippen LogP contribution in [0.4, 0.5) is 0 Å². The lowest BCUT2D eigenvalue weighted by atomic mass is 9.73. The number of aliphatic hydroxyl groups is 3. The van der Waals surface area contributed by atoms with Gasteiger partial charge in [-0.3, -0.25) is 0 Å². The zero-order chi connectivity index (χ0) is 25.2. The van der Waals surface area contributed by atoms with Crippen molar-refractivity contribution < 1.29 is 15.3 Å². The first-order valence-electron chi connectivity index (χ1n) is 12.6. The van der Waals surface area contributed by atoms with E-state index in [9.17, 15) is 15.3 Å². The molecule has 4 N–H and O–H groups in total. The molecule has 3 unspecified atom stereocenters. The highest BCUT2D eigenvalue weighted by molar-refractivity contribution is 5.40. The minimum atomic E-state index is -0.135. The normalized spacial score (nSPS) is 22.2. The number of aliphatic hydroxyl groups excluding tert-OH is 3. The van der Waals surface area contributed by atoms with Gasteiger partial charge in [0, 0.05) is 42.7 Å². The third-order valence-corrected chi connectivity index (χ3v) is 6.78. The van der Waals surface area contributed by atoms with Gasteiger partial charge in [-0.1, -0.05) is 73.2 Å². The largest absolute Gasteiger partial charge is 0.508 e. The molecule has 0 aromatic heterocycles. The minimum Gasteiger partial charge on any atom is -0.508 e.